The van der Waals surface area contributed by atoms with Gasteiger partial charge in [-0.2, -0.15) is 4.31 Å². The van der Waals surface area contributed by atoms with Crippen LogP contribution in [0.25, 0.3) is 0 Å². The zero-order valence-electron chi connectivity index (χ0n) is 13.0. The highest BCUT2D eigenvalue weighted by atomic mass is 32.2. The molecule has 1 aliphatic carbocycles. The van der Waals surface area contributed by atoms with Crippen LogP contribution in [0.3, 0.4) is 0 Å². The summed E-state index contributed by atoms with van der Waals surface area (Å²) in [6.07, 6.45) is 3.12. The Balaban J connectivity index is 1.83. The topological polar surface area (TPSA) is 66.8 Å². The molecule has 1 saturated carbocycles. The molecule has 0 amide bonds. The van der Waals surface area contributed by atoms with Crippen LogP contribution in [-0.4, -0.2) is 43.6 Å². The number of hydrogen-bond acceptors (Lipinski definition) is 4. The van der Waals surface area contributed by atoms with Crippen molar-refractivity contribution in [2.45, 2.75) is 36.7 Å². The van der Waals surface area contributed by atoms with Crippen molar-refractivity contribution in [3.63, 3.8) is 0 Å². The largest absolute Gasteiger partial charge is 0.497 e. The van der Waals surface area contributed by atoms with Crippen molar-refractivity contribution in [3.8, 4) is 5.75 Å². The van der Waals surface area contributed by atoms with Gasteiger partial charge in [0.1, 0.15) is 5.75 Å². The predicted molar refractivity (Wildman–Crippen MR) is 83.2 cm³/mol. The zero-order valence-corrected chi connectivity index (χ0v) is 13.8. The van der Waals surface area contributed by atoms with E-state index in [4.69, 9.17) is 4.74 Å². The maximum atomic E-state index is 12.8. The molecule has 0 radical (unpaired) electrons. The zero-order chi connectivity index (χ0) is 16.0. The van der Waals surface area contributed by atoms with E-state index in [0.717, 1.165) is 19.3 Å². The first-order valence-electron chi connectivity index (χ1n) is 7.74. The molecule has 2 atom stereocenters. The Bertz CT molecular complexity index is 639. The molecule has 1 heterocycles. The van der Waals surface area contributed by atoms with E-state index in [2.05, 4.69) is 0 Å². The van der Waals surface area contributed by atoms with Crippen LogP contribution in [0.5, 0.6) is 5.75 Å². The van der Waals surface area contributed by atoms with Gasteiger partial charge >= 0.3 is 0 Å². The summed E-state index contributed by atoms with van der Waals surface area (Å²) in [7, 11) is -2.02. The number of nitrogens with zero attached hydrogens (tertiary/aromatic N) is 1. The number of sulfonamides is 1. The molecule has 22 heavy (non-hydrogen) atoms. The van der Waals surface area contributed by atoms with Crippen molar-refractivity contribution in [3.05, 3.63) is 24.3 Å². The van der Waals surface area contributed by atoms with E-state index < -0.39 is 15.6 Å². The minimum absolute atomic E-state index is 0.0363. The molecule has 0 spiro atoms. The second kappa shape index (κ2) is 5.51. The fourth-order valence-electron chi connectivity index (χ4n) is 3.49. The van der Waals surface area contributed by atoms with E-state index in [1.54, 1.807) is 31.4 Å². The van der Waals surface area contributed by atoms with Gasteiger partial charge < -0.3 is 9.84 Å². The molecular weight excluding hydrogens is 302 g/mol. The lowest BCUT2D eigenvalue weighted by atomic mass is 9.69. The fraction of sp³-hybridized carbons (Fsp3) is 0.625. The van der Waals surface area contributed by atoms with E-state index in [1.165, 1.54) is 4.31 Å². The lowest BCUT2D eigenvalue weighted by Crippen LogP contribution is -2.48. The summed E-state index contributed by atoms with van der Waals surface area (Å²) in [5.41, 5.74) is -0.877. The number of β-amino-alcohol motifs (C(OH)–C–C–N with tert-alkyl or cyclic N) is 1. The molecule has 6 heteroatoms. The second-order valence-corrected chi connectivity index (χ2v) is 8.43. The van der Waals surface area contributed by atoms with Gasteiger partial charge in [-0.3, -0.25) is 0 Å². The molecule has 1 N–H and O–H groups in total. The van der Waals surface area contributed by atoms with Crippen molar-refractivity contribution >= 4 is 10.0 Å². The minimum atomic E-state index is -3.57. The third kappa shape index (κ3) is 2.43. The average Bonchev–Trinajstić information content (AvgIpc) is 2.74. The Hall–Kier alpha value is -1.11. The number of hydrogen-bond donors (Lipinski definition) is 1. The van der Waals surface area contributed by atoms with Gasteiger partial charge in [-0.1, -0.05) is 13.3 Å². The third-order valence-electron chi connectivity index (χ3n) is 5.27. The van der Waals surface area contributed by atoms with E-state index in [9.17, 15) is 13.5 Å². The number of aliphatic hydroxyl groups is 1. The van der Waals surface area contributed by atoms with Gasteiger partial charge in [-0.25, -0.2) is 8.42 Å². The van der Waals surface area contributed by atoms with Gasteiger partial charge in [0.15, 0.2) is 0 Å². The second-order valence-electron chi connectivity index (χ2n) is 6.49. The lowest BCUT2D eigenvalue weighted by molar-refractivity contribution is -0.0646. The van der Waals surface area contributed by atoms with Crippen molar-refractivity contribution in [2.24, 2.45) is 11.8 Å². The average molecular weight is 325 g/mol. The summed E-state index contributed by atoms with van der Waals surface area (Å²) < 4.78 is 32.0. The van der Waals surface area contributed by atoms with Crippen molar-refractivity contribution in [1.29, 1.82) is 0 Å². The standard InChI is InChI=1S/C16H23NO4S/c1-12-10-17(11-16(12,18)13-4-3-5-13)22(19,20)15-8-6-14(21-2)7-9-15/h6-9,12-13,18H,3-5,10-11H2,1-2H3. The highest BCUT2D eigenvalue weighted by molar-refractivity contribution is 7.89. The van der Waals surface area contributed by atoms with Gasteiger partial charge in [0.05, 0.1) is 17.6 Å². The summed E-state index contributed by atoms with van der Waals surface area (Å²) in [5.74, 6) is 0.823. The number of rotatable bonds is 4. The summed E-state index contributed by atoms with van der Waals surface area (Å²) in [6, 6.07) is 6.40. The Labute approximate surface area is 131 Å². The van der Waals surface area contributed by atoms with E-state index in [0.29, 0.717) is 12.3 Å². The van der Waals surface area contributed by atoms with E-state index in [1.807, 2.05) is 6.92 Å². The van der Waals surface area contributed by atoms with Crippen LogP contribution in [-0.2, 0) is 10.0 Å². The summed E-state index contributed by atoms with van der Waals surface area (Å²) in [5, 5.41) is 10.9. The van der Waals surface area contributed by atoms with Gasteiger partial charge in [0, 0.05) is 19.0 Å². The molecule has 2 unspecified atom stereocenters. The molecule has 0 aromatic heterocycles. The van der Waals surface area contributed by atoms with Crippen LogP contribution in [0.2, 0.25) is 0 Å². The SMILES string of the molecule is COc1ccc(S(=O)(=O)N2CC(C)C(O)(C3CCC3)C2)cc1. The van der Waals surface area contributed by atoms with Gasteiger partial charge in [0.25, 0.3) is 0 Å². The first kappa shape index (κ1) is 15.8. The molecule has 122 valence electrons. The molecule has 5 nitrogen and oxygen atoms in total. The molecular formula is C16H23NO4S. The summed E-state index contributed by atoms with van der Waals surface area (Å²) >= 11 is 0. The predicted octanol–water partition coefficient (Wildman–Crippen LogP) is 1.87. The minimum Gasteiger partial charge on any atom is -0.497 e. The normalized spacial score (nSPS) is 30.2. The third-order valence-corrected chi connectivity index (χ3v) is 7.10. The molecule has 1 saturated heterocycles. The molecule has 1 aromatic rings. The van der Waals surface area contributed by atoms with Crippen LogP contribution < -0.4 is 4.74 Å². The smallest absolute Gasteiger partial charge is 0.243 e. The van der Waals surface area contributed by atoms with E-state index in [-0.39, 0.29) is 23.3 Å². The fourth-order valence-corrected chi connectivity index (χ4v) is 5.06. The molecule has 2 aliphatic rings. The molecule has 2 fully saturated rings. The summed E-state index contributed by atoms with van der Waals surface area (Å²) in [4.78, 5) is 0.248. The number of ether oxygens (including phenoxy) is 1. The van der Waals surface area contributed by atoms with Gasteiger partial charge in [-0.15, -0.1) is 0 Å². The van der Waals surface area contributed by atoms with Crippen molar-refractivity contribution < 1.29 is 18.3 Å². The quantitative estimate of drug-likeness (QED) is 0.918. The molecule has 3 rings (SSSR count). The Kier molecular flexibility index (Phi) is 3.95. The maximum absolute atomic E-state index is 12.8. The lowest BCUT2D eigenvalue weighted by Gasteiger charge is -2.41. The maximum Gasteiger partial charge on any atom is 0.243 e. The monoisotopic (exact) mass is 325 g/mol. The van der Waals surface area contributed by atoms with Gasteiger partial charge in [-0.05, 0) is 43.0 Å². The van der Waals surface area contributed by atoms with Crippen LogP contribution in [0.1, 0.15) is 26.2 Å². The Morgan fingerprint density at radius 3 is 2.41 bits per heavy atom. The van der Waals surface area contributed by atoms with Crippen LogP contribution in [0.15, 0.2) is 29.2 Å². The number of methoxy groups -OCH3 is 1. The Morgan fingerprint density at radius 1 is 1.27 bits per heavy atom. The summed E-state index contributed by atoms with van der Waals surface area (Å²) in [6.45, 7) is 2.52. The highest BCUT2D eigenvalue weighted by Crippen LogP contribution is 2.45. The molecule has 1 aliphatic heterocycles. The number of benzene rings is 1. The van der Waals surface area contributed by atoms with Crippen molar-refractivity contribution in [2.75, 3.05) is 20.2 Å². The van der Waals surface area contributed by atoms with Crippen LogP contribution >= 0.6 is 0 Å². The van der Waals surface area contributed by atoms with Crippen molar-refractivity contribution in [1.82, 2.24) is 4.31 Å². The first-order chi connectivity index (χ1) is 10.4. The first-order valence-corrected chi connectivity index (χ1v) is 9.18. The van der Waals surface area contributed by atoms with Crippen LogP contribution in [0.4, 0.5) is 0 Å². The highest BCUT2D eigenvalue weighted by Gasteiger charge is 2.52. The van der Waals surface area contributed by atoms with Crippen LogP contribution in [0, 0.1) is 11.8 Å². The van der Waals surface area contributed by atoms with Gasteiger partial charge in [0.2, 0.25) is 10.0 Å². The van der Waals surface area contributed by atoms with E-state index >= 15 is 0 Å². The molecule has 1 aromatic carbocycles. The molecule has 0 bridgehead atoms. The Morgan fingerprint density at radius 2 is 1.91 bits per heavy atom.